The fourth-order valence-electron chi connectivity index (χ4n) is 2.38. The maximum Gasteiger partial charge on any atom is 1.00 e. The van der Waals surface area contributed by atoms with Crippen molar-refractivity contribution < 1.29 is 73.8 Å². The first kappa shape index (κ1) is 18.5. The van der Waals surface area contributed by atoms with Gasteiger partial charge in [-0.3, -0.25) is 0 Å². The van der Waals surface area contributed by atoms with Crippen molar-refractivity contribution in [3.8, 4) is 5.75 Å². The smallest absolute Gasteiger partial charge is 0.490 e. The molecule has 1 aliphatic rings. The van der Waals surface area contributed by atoms with Crippen molar-refractivity contribution >= 4 is 12.4 Å². The molecule has 1 saturated carbocycles. The molecule has 0 radical (unpaired) electrons. The second-order valence-electron chi connectivity index (χ2n) is 4.91. The van der Waals surface area contributed by atoms with E-state index in [-0.39, 0.29) is 63.6 Å². The van der Waals surface area contributed by atoms with E-state index in [1.54, 1.807) is 7.11 Å². The maximum absolute atomic E-state index is 12.5. The van der Waals surface area contributed by atoms with Crippen LogP contribution >= 0.6 is 0 Å². The van der Waals surface area contributed by atoms with E-state index in [0.29, 0.717) is 5.75 Å². The average molecular weight is 312 g/mol. The molecule has 0 aromatic heterocycles. The van der Waals surface area contributed by atoms with Crippen LogP contribution in [-0.2, 0) is 4.74 Å². The van der Waals surface area contributed by atoms with Gasteiger partial charge in [-0.1, -0.05) is 12.1 Å². The molecule has 1 fully saturated rings. The number of benzene rings is 1. The third-order valence-electron chi connectivity index (χ3n) is 3.47. The third-order valence-corrected chi connectivity index (χ3v) is 3.47. The summed E-state index contributed by atoms with van der Waals surface area (Å²) in [6, 6.07) is 4.93. The van der Waals surface area contributed by atoms with Crippen LogP contribution in [0.15, 0.2) is 24.3 Å². The second-order valence-corrected chi connectivity index (χ2v) is 4.91. The summed E-state index contributed by atoms with van der Waals surface area (Å²) >= 11 is 0. The molecule has 0 bridgehead atoms. The Morgan fingerprint density at radius 2 is 1.65 bits per heavy atom. The molecule has 0 aliphatic heterocycles. The molecular weight excluding hydrogens is 295 g/mol. The molecule has 1 aliphatic carbocycles. The molecule has 0 heterocycles. The summed E-state index contributed by atoms with van der Waals surface area (Å²) in [7, 11) is 1.67. The van der Waals surface area contributed by atoms with Crippen LogP contribution < -0.4 is 61.6 Å². The molecule has 2 atom stereocenters. The molecule has 0 saturated heterocycles. The minimum absolute atomic E-state index is 0. The van der Waals surface area contributed by atoms with Crippen molar-refractivity contribution in [2.24, 2.45) is 0 Å². The fourth-order valence-corrected chi connectivity index (χ4v) is 2.38. The Bertz CT molecular complexity index is 411. The monoisotopic (exact) mass is 312 g/mol. The standard InChI is InChI=1S/C13H17BF3O2.K/c1-18-12-3-2-4-13(9-12)19-11-7-5-10(6-8-11)14(15,16)17;/h5-8,12-13H,2-4,9H2,1H3;/q-1;+1. The van der Waals surface area contributed by atoms with Gasteiger partial charge in [0.2, 0.25) is 0 Å². The number of rotatable bonds is 4. The molecule has 20 heavy (non-hydrogen) atoms. The van der Waals surface area contributed by atoms with E-state index in [4.69, 9.17) is 9.47 Å². The Hall–Kier alpha value is 0.471. The number of methoxy groups -OCH3 is 1. The summed E-state index contributed by atoms with van der Waals surface area (Å²) in [4.78, 5) is 0. The zero-order valence-corrected chi connectivity index (χ0v) is 14.9. The molecule has 7 heteroatoms. The number of hydrogen-bond acceptors (Lipinski definition) is 2. The molecule has 0 amide bonds. The van der Waals surface area contributed by atoms with Gasteiger partial charge in [0.25, 0.3) is 0 Å². The van der Waals surface area contributed by atoms with Crippen LogP contribution in [0.3, 0.4) is 0 Å². The Morgan fingerprint density at radius 1 is 1.05 bits per heavy atom. The van der Waals surface area contributed by atoms with E-state index in [9.17, 15) is 12.9 Å². The van der Waals surface area contributed by atoms with Crippen molar-refractivity contribution in [3.63, 3.8) is 0 Å². The van der Waals surface area contributed by atoms with E-state index < -0.39 is 12.4 Å². The van der Waals surface area contributed by atoms with E-state index >= 15 is 0 Å². The maximum atomic E-state index is 12.5. The summed E-state index contributed by atoms with van der Waals surface area (Å²) < 4.78 is 48.5. The van der Waals surface area contributed by atoms with Gasteiger partial charge in [0.1, 0.15) is 11.9 Å². The van der Waals surface area contributed by atoms with Crippen LogP contribution in [0.2, 0.25) is 0 Å². The molecule has 2 nitrogen and oxygen atoms in total. The molecule has 0 spiro atoms. The molecular formula is C13H17BF3KO2. The number of hydrogen-bond donors (Lipinski definition) is 0. The quantitative estimate of drug-likeness (QED) is 0.733. The van der Waals surface area contributed by atoms with E-state index in [0.717, 1.165) is 37.8 Å². The predicted molar refractivity (Wildman–Crippen MR) is 68.8 cm³/mol. The van der Waals surface area contributed by atoms with Gasteiger partial charge in [-0.25, -0.2) is 0 Å². The van der Waals surface area contributed by atoms with Crippen LogP contribution in [0, 0.1) is 0 Å². The van der Waals surface area contributed by atoms with Gasteiger partial charge in [0.15, 0.2) is 0 Å². The van der Waals surface area contributed by atoms with Crippen LogP contribution in [0.5, 0.6) is 5.75 Å². The van der Waals surface area contributed by atoms with Crippen molar-refractivity contribution in [2.45, 2.75) is 37.9 Å². The molecule has 0 N–H and O–H groups in total. The summed E-state index contributed by atoms with van der Waals surface area (Å²) in [5, 5.41) is 0. The largest absolute Gasteiger partial charge is 1.00 e. The van der Waals surface area contributed by atoms with Crippen LogP contribution in [0.1, 0.15) is 25.7 Å². The second kappa shape index (κ2) is 8.20. The van der Waals surface area contributed by atoms with Gasteiger partial charge in [0, 0.05) is 13.5 Å². The summed E-state index contributed by atoms with van der Waals surface area (Å²) in [6.45, 7) is -4.93. The predicted octanol–water partition coefficient (Wildman–Crippen LogP) is 0.0814. The molecule has 2 unspecified atom stereocenters. The zero-order valence-electron chi connectivity index (χ0n) is 11.8. The fraction of sp³-hybridized carbons (Fsp3) is 0.538. The summed E-state index contributed by atoms with van der Waals surface area (Å²) in [5.74, 6) is 0.491. The topological polar surface area (TPSA) is 18.5 Å². The van der Waals surface area contributed by atoms with Crippen LogP contribution in [-0.4, -0.2) is 26.3 Å². The van der Waals surface area contributed by atoms with Crippen molar-refractivity contribution in [3.05, 3.63) is 24.3 Å². The van der Waals surface area contributed by atoms with Gasteiger partial charge in [0.05, 0.1) is 6.10 Å². The normalized spacial score (nSPS) is 23.0. The Labute approximate surface area is 159 Å². The van der Waals surface area contributed by atoms with E-state index in [1.807, 2.05) is 0 Å². The van der Waals surface area contributed by atoms with Crippen LogP contribution in [0.25, 0.3) is 0 Å². The summed E-state index contributed by atoms with van der Waals surface area (Å²) in [5.41, 5.74) is -0.592. The molecule has 2 rings (SSSR count). The minimum Gasteiger partial charge on any atom is -0.490 e. The minimum atomic E-state index is -4.93. The molecule has 106 valence electrons. The van der Waals surface area contributed by atoms with Gasteiger partial charge >= 0.3 is 58.4 Å². The molecule has 1 aromatic carbocycles. The Morgan fingerprint density at radius 3 is 2.20 bits per heavy atom. The van der Waals surface area contributed by atoms with Crippen molar-refractivity contribution in [2.75, 3.05) is 7.11 Å². The Kier molecular flexibility index (Phi) is 7.59. The zero-order chi connectivity index (χ0) is 13.9. The van der Waals surface area contributed by atoms with E-state index in [2.05, 4.69) is 0 Å². The first-order valence-electron chi connectivity index (χ1n) is 6.48. The number of ether oxygens (including phenoxy) is 2. The molecule has 1 aromatic rings. The first-order chi connectivity index (χ1) is 8.99. The van der Waals surface area contributed by atoms with Gasteiger partial charge in [-0.2, -0.15) is 0 Å². The average Bonchev–Trinajstić information content (AvgIpc) is 2.38. The van der Waals surface area contributed by atoms with Crippen LogP contribution in [0.4, 0.5) is 12.9 Å². The van der Waals surface area contributed by atoms with Crippen molar-refractivity contribution in [1.29, 1.82) is 0 Å². The van der Waals surface area contributed by atoms with Gasteiger partial charge < -0.3 is 22.4 Å². The summed E-state index contributed by atoms with van der Waals surface area (Å²) in [6.07, 6.45) is 3.97. The van der Waals surface area contributed by atoms with Crippen molar-refractivity contribution in [1.82, 2.24) is 0 Å². The van der Waals surface area contributed by atoms with Gasteiger partial charge in [-0.15, -0.1) is 5.46 Å². The number of halogens is 3. The first-order valence-corrected chi connectivity index (χ1v) is 6.48. The van der Waals surface area contributed by atoms with E-state index in [1.165, 1.54) is 12.1 Å². The Balaban J connectivity index is 0.00000200. The third kappa shape index (κ3) is 5.35. The van der Waals surface area contributed by atoms with Gasteiger partial charge in [-0.05, 0) is 31.4 Å². The SMILES string of the molecule is COC1CCCC(Oc2ccc([B-](F)(F)F)cc2)C1.[K+].